The van der Waals surface area contributed by atoms with Crippen molar-refractivity contribution >= 4 is 5.91 Å². The molecule has 1 fully saturated rings. The topological polar surface area (TPSA) is 32.8 Å². The lowest BCUT2D eigenvalue weighted by Gasteiger charge is -2.36. The van der Waals surface area contributed by atoms with Gasteiger partial charge in [-0.15, -0.1) is 0 Å². The van der Waals surface area contributed by atoms with Crippen LogP contribution in [0.4, 0.5) is 0 Å². The molecule has 4 nitrogen and oxygen atoms in total. The van der Waals surface area contributed by atoms with E-state index in [0.29, 0.717) is 6.42 Å². The molecule has 0 saturated carbocycles. The number of hydrazine groups is 1. The minimum Gasteiger partial charge on any atom is -0.379 e. The van der Waals surface area contributed by atoms with Gasteiger partial charge in [0.1, 0.15) is 0 Å². The summed E-state index contributed by atoms with van der Waals surface area (Å²) in [6.07, 6.45) is 5.66. The molecule has 14 heavy (non-hydrogen) atoms. The Hall–Kier alpha value is -0.870. The van der Waals surface area contributed by atoms with Crippen LogP contribution in [0.2, 0.25) is 0 Å². The molecular weight excluding hydrogens is 180 g/mol. The van der Waals surface area contributed by atoms with E-state index in [9.17, 15) is 4.79 Å². The number of hydrogen-bond acceptors (Lipinski definition) is 3. The van der Waals surface area contributed by atoms with Gasteiger partial charge in [0.15, 0.2) is 0 Å². The van der Waals surface area contributed by atoms with Crippen LogP contribution in [0.1, 0.15) is 12.8 Å². The first kappa shape index (κ1) is 9.68. The Morgan fingerprint density at radius 3 is 2.79 bits per heavy atom. The van der Waals surface area contributed by atoms with Crippen molar-refractivity contribution < 1.29 is 9.53 Å². The highest BCUT2D eigenvalue weighted by atomic mass is 16.5. The first-order chi connectivity index (χ1) is 6.88. The molecule has 0 aromatic carbocycles. The van der Waals surface area contributed by atoms with Gasteiger partial charge in [-0.3, -0.25) is 9.80 Å². The molecule has 0 spiro atoms. The summed E-state index contributed by atoms with van der Waals surface area (Å²) in [7, 11) is 0. The summed E-state index contributed by atoms with van der Waals surface area (Å²) < 4.78 is 5.26. The molecule has 2 aliphatic heterocycles. The highest BCUT2D eigenvalue weighted by Crippen LogP contribution is 2.10. The van der Waals surface area contributed by atoms with E-state index in [1.165, 1.54) is 0 Å². The molecule has 2 heterocycles. The lowest BCUT2D eigenvalue weighted by molar-refractivity contribution is -0.154. The summed E-state index contributed by atoms with van der Waals surface area (Å²) >= 11 is 0. The Bertz CT molecular complexity index is 234. The molecule has 0 aromatic rings. The summed E-state index contributed by atoms with van der Waals surface area (Å²) in [6, 6.07) is 0. The highest BCUT2D eigenvalue weighted by molar-refractivity contribution is 5.76. The first-order valence-electron chi connectivity index (χ1n) is 5.16. The zero-order valence-electron chi connectivity index (χ0n) is 8.32. The van der Waals surface area contributed by atoms with Crippen molar-refractivity contribution in [3.8, 4) is 0 Å². The zero-order chi connectivity index (χ0) is 9.80. The van der Waals surface area contributed by atoms with Gasteiger partial charge < -0.3 is 4.74 Å². The van der Waals surface area contributed by atoms with Crippen molar-refractivity contribution in [2.45, 2.75) is 12.8 Å². The number of nitrogens with zero attached hydrogens (tertiary/aromatic N) is 2. The maximum atomic E-state index is 11.7. The van der Waals surface area contributed by atoms with Crippen molar-refractivity contribution in [2.24, 2.45) is 0 Å². The van der Waals surface area contributed by atoms with Gasteiger partial charge in [0.25, 0.3) is 0 Å². The molecule has 2 aliphatic rings. The van der Waals surface area contributed by atoms with E-state index in [0.717, 1.165) is 39.3 Å². The Morgan fingerprint density at radius 1 is 1.21 bits per heavy atom. The second kappa shape index (κ2) is 4.57. The van der Waals surface area contributed by atoms with Crippen LogP contribution in [0, 0.1) is 0 Å². The Kier molecular flexibility index (Phi) is 3.16. The van der Waals surface area contributed by atoms with E-state index in [1.54, 1.807) is 0 Å². The van der Waals surface area contributed by atoms with Crippen molar-refractivity contribution in [3.05, 3.63) is 12.2 Å². The maximum Gasteiger partial charge on any atom is 0.237 e. The molecule has 0 atom stereocenters. The van der Waals surface area contributed by atoms with E-state index in [-0.39, 0.29) is 5.91 Å². The standard InChI is InChI=1S/C10H16N2O2/c13-10-4-2-1-3-5-12(10)11-6-8-14-9-7-11/h1,3H,2,4-9H2. The summed E-state index contributed by atoms with van der Waals surface area (Å²) in [5, 5.41) is 3.95. The van der Waals surface area contributed by atoms with Gasteiger partial charge in [0.05, 0.1) is 19.8 Å². The molecule has 2 rings (SSSR count). The van der Waals surface area contributed by atoms with Crippen LogP contribution in [-0.4, -0.2) is 48.8 Å². The van der Waals surface area contributed by atoms with Gasteiger partial charge in [0, 0.05) is 19.5 Å². The molecule has 0 bridgehead atoms. The smallest absolute Gasteiger partial charge is 0.237 e. The number of allylic oxidation sites excluding steroid dienone is 1. The van der Waals surface area contributed by atoms with Gasteiger partial charge in [-0.2, -0.15) is 0 Å². The average Bonchev–Trinajstić information content (AvgIpc) is 2.44. The third kappa shape index (κ3) is 2.13. The number of carbonyl (C=O) groups is 1. The second-order valence-electron chi connectivity index (χ2n) is 3.55. The largest absolute Gasteiger partial charge is 0.379 e. The van der Waals surface area contributed by atoms with Gasteiger partial charge in [-0.05, 0) is 6.42 Å². The Morgan fingerprint density at radius 2 is 2.00 bits per heavy atom. The summed E-state index contributed by atoms with van der Waals surface area (Å²) in [4.78, 5) is 11.7. The van der Waals surface area contributed by atoms with Crippen LogP contribution in [0.5, 0.6) is 0 Å². The normalized spacial score (nSPS) is 25.1. The van der Waals surface area contributed by atoms with Crippen molar-refractivity contribution in [1.82, 2.24) is 10.0 Å². The minimum absolute atomic E-state index is 0.233. The highest BCUT2D eigenvalue weighted by Gasteiger charge is 2.22. The van der Waals surface area contributed by atoms with E-state index < -0.39 is 0 Å². The molecule has 0 aromatic heterocycles. The SMILES string of the molecule is O=C1CCC=CCN1N1CCOCC1. The first-order valence-corrected chi connectivity index (χ1v) is 5.16. The third-order valence-corrected chi connectivity index (χ3v) is 2.59. The fraction of sp³-hybridized carbons (Fsp3) is 0.700. The molecule has 1 saturated heterocycles. The number of ether oxygens (including phenoxy) is 1. The third-order valence-electron chi connectivity index (χ3n) is 2.59. The predicted octanol–water partition coefficient (Wildman–Crippen LogP) is 0.412. The number of morpholine rings is 1. The van der Waals surface area contributed by atoms with Gasteiger partial charge in [-0.25, -0.2) is 5.01 Å². The molecule has 0 aliphatic carbocycles. The molecule has 0 radical (unpaired) electrons. The number of carbonyl (C=O) groups excluding carboxylic acids is 1. The van der Waals surface area contributed by atoms with E-state index in [4.69, 9.17) is 4.74 Å². The fourth-order valence-corrected chi connectivity index (χ4v) is 1.80. The van der Waals surface area contributed by atoms with Crippen LogP contribution < -0.4 is 0 Å². The van der Waals surface area contributed by atoms with Gasteiger partial charge >= 0.3 is 0 Å². The van der Waals surface area contributed by atoms with E-state index in [2.05, 4.69) is 17.2 Å². The predicted molar refractivity (Wildman–Crippen MR) is 52.5 cm³/mol. The van der Waals surface area contributed by atoms with Crippen LogP contribution in [-0.2, 0) is 9.53 Å². The van der Waals surface area contributed by atoms with Crippen molar-refractivity contribution in [3.63, 3.8) is 0 Å². The molecule has 78 valence electrons. The number of rotatable bonds is 1. The van der Waals surface area contributed by atoms with Gasteiger partial charge in [-0.1, -0.05) is 12.2 Å². The number of amides is 1. The van der Waals surface area contributed by atoms with Gasteiger partial charge in [0.2, 0.25) is 5.91 Å². The second-order valence-corrected chi connectivity index (χ2v) is 3.55. The monoisotopic (exact) mass is 196 g/mol. The lowest BCUT2D eigenvalue weighted by atomic mass is 10.3. The summed E-state index contributed by atoms with van der Waals surface area (Å²) in [5.74, 6) is 0.233. The van der Waals surface area contributed by atoms with E-state index >= 15 is 0 Å². The fourth-order valence-electron chi connectivity index (χ4n) is 1.80. The summed E-state index contributed by atoms with van der Waals surface area (Å²) in [6.45, 7) is 3.85. The van der Waals surface area contributed by atoms with Crippen molar-refractivity contribution in [1.29, 1.82) is 0 Å². The minimum atomic E-state index is 0.233. The molecule has 0 N–H and O–H groups in total. The van der Waals surface area contributed by atoms with Crippen LogP contribution in [0.15, 0.2) is 12.2 Å². The number of hydrogen-bond donors (Lipinski definition) is 0. The van der Waals surface area contributed by atoms with Crippen LogP contribution in [0.25, 0.3) is 0 Å². The molecule has 4 heteroatoms. The molecule has 1 amide bonds. The summed E-state index contributed by atoms with van der Waals surface area (Å²) in [5.41, 5.74) is 0. The molecule has 0 unspecified atom stereocenters. The quantitative estimate of drug-likeness (QED) is 0.569. The zero-order valence-corrected chi connectivity index (χ0v) is 8.32. The Labute approximate surface area is 84.1 Å². The maximum absolute atomic E-state index is 11.7. The average molecular weight is 196 g/mol. The lowest BCUT2D eigenvalue weighted by Crippen LogP contribution is -2.51. The Balaban J connectivity index is 1.98. The molecular formula is C10H16N2O2. The van der Waals surface area contributed by atoms with Crippen molar-refractivity contribution in [2.75, 3.05) is 32.8 Å². The van der Waals surface area contributed by atoms with E-state index in [1.807, 2.05) is 5.01 Å². The van der Waals surface area contributed by atoms with Crippen LogP contribution >= 0.6 is 0 Å². The van der Waals surface area contributed by atoms with Crippen LogP contribution in [0.3, 0.4) is 0 Å².